The average Bonchev–Trinajstić information content (AvgIpc) is 3.06. The van der Waals surface area contributed by atoms with Gasteiger partial charge in [0.15, 0.2) is 0 Å². The van der Waals surface area contributed by atoms with Crippen LogP contribution in [0.5, 0.6) is 5.88 Å². The van der Waals surface area contributed by atoms with Crippen molar-refractivity contribution >= 4 is 11.5 Å². The zero-order chi connectivity index (χ0) is 12.4. The van der Waals surface area contributed by atoms with Gasteiger partial charge in [0.25, 0.3) is 5.88 Å². The third kappa shape index (κ3) is 2.27. The maximum atomic E-state index is 11.0. The van der Waals surface area contributed by atoms with Crippen molar-refractivity contribution in [3.05, 3.63) is 16.4 Å². The summed E-state index contributed by atoms with van der Waals surface area (Å²) in [7, 11) is 1.35. The van der Waals surface area contributed by atoms with Gasteiger partial charge < -0.3 is 10.1 Å². The third-order valence-corrected chi connectivity index (χ3v) is 2.93. The maximum Gasteiger partial charge on any atom is 0.372 e. The van der Waals surface area contributed by atoms with Crippen LogP contribution in [-0.4, -0.2) is 28.0 Å². The Labute approximate surface area is 98.4 Å². The molecule has 0 aliphatic heterocycles. The molecule has 1 heterocycles. The lowest BCUT2D eigenvalue weighted by atomic mass is 10.3. The number of nitrogens with zero attached hydrogens (tertiary/aromatic N) is 3. The van der Waals surface area contributed by atoms with Crippen LogP contribution >= 0.6 is 0 Å². The SMILES string of the molecule is CCC1CC1Nc1ncnc(OC)c1[N+](=O)[O-]. The third-order valence-electron chi connectivity index (χ3n) is 2.93. The van der Waals surface area contributed by atoms with Gasteiger partial charge in [0, 0.05) is 6.04 Å². The van der Waals surface area contributed by atoms with Crippen LogP contribution in [0.4, 0.5) is 11.5 Å². The molecule has 0 saturated heterocycles. The second-order valence-electron chi connectivity index (χ2n) is 3.99. The molecule has 1 aromatic heterocycles. The summed E-state index contributed by atoms with van der Waals surface area (Å²) < 4.78 is 4.87. The highest BCUT2D eigenvalue weighted by molar-refractivity contribution is 5.62. The van der Waals surface area contributed by atoms with Crippen molar-refractivity contribution < 1.29 is 9.66 Å². The van der Waals surface area contributed by atoms with Crippen LogP contribution in [0.2, 0.25) is 0 Å². The molecule has 0 radical (unpaired) electrons. The van der Waals surface area contributed by atoms with Gasteiger partial charge >= 0.3 is 5.69 Å². The van der Waals surface area contributed by atoms with E-state index in [4.69, 9.17) is 4.74 Å². The zero-order valence-corrected chi connectivity index (χ0v) is 9.71. The van der Waals surface area contributed by atoms with Crippen LogP contribution in [0, 0.1) is 16.0 Å². The Morgan fingerprint density at radius 1 is 1.65 bits per heavy atom. The van der Waals surface area contributed by atoms with E-state index in [2.05, 4.69) is 22.2 Å². The molecule has 2 rings (SSSR count). The Morgan fingerprint density at radius 3 is 2.94 bits per heavy atom. The first kappa shape index (κ1) is 11.6. The van der Waals surface area contributed by atoms with Gasteiger partial charge in [0.05, 0.1) is 12.0 Å². The van der Waals surface area contributed by atoms with Gasteiger partial charge in [-0.25, -0.2) is 4.98 Å². The summed E-state index contributed by atoms with van der Waals surface area (Å²) in [4.78, 5) is 18.1. The number of methoxy groups -OCH3 is 1. The average molecular weight is 238 g/mol. The van der Waals surface area contributed by atoms with E-state index in [1.165, 1.54) is 13.4 Å². The molecule has 1 aliphatic carbocycles. The summed E-state index contributed by atoms with van der Waals surface area (Å²) in [6.07, 6.45) is 3.35. The van der Waals surface area contributed by atoms with Gasteiger partial charge in [-0.3, -0.25) is 10.1 Å². The smallest absolute Gasteiger partial charge is 0.372 e. The minimum absolute atomic E-state index is 0.0128. The van der Waals surface area contributed by atoms with E-state index in [1.54, 1.807) is 0 Å². The molecule has 7 nitrogen and oxygen atoms in total. The molecule has 1 fully saturated rings. The van der Waals surface area contributed by atoms with Crippen molar-refractivity contribution in [1.29, 1.82) is 0 Å². The van der Waals surface area contributed by atoms with Gasteiger partial charge in [0.2, 0.25) is 5.82 Å². The van der Waals surface area contributed by atoms with E-state index in [0.29, 0.717) is 5.92 Å². The fraction of sp³-hybridized carbons (Fsp3) is 0.600. The molecule has 0 spiro atoms. The van der Waals surface area contributed by atoms with E-state index in [1.807, 2.05) is 0 Å². The van der Waals surface area contributed by atoms with Crippen molar-refractivity contribution in [2.45, 2.75) is 25.8 Å². The Kier molecular flexibility index (Phi) is 3.08. The molecule has 1 aliphatic rings. The number of nitrogens with one attached hydrogen (secondary N) is 1. The number of aromatic nitrogens is 2. The zero-order valence-electron chi connectivity index (χ0n) is 9.71. The largest absolute Gasteiger partial charge is 0.476 e. The van der Waals surface area contributed by atoms with E-state index in [-0.39, 0.29) is 23.4 Å². The van der Waals surface area contributed by atoms with Gasteiger partial charge in [0.1, 0.15) is 6.33 Å². The monoisotopic (exact) mass is 238 g/mol. The van der Waals surface area contributed by atoms with Gasteiger partial charge in [-0.1, -0.05) is 13.3 Å². The summed E-state index contributed by atoms with van der Waals surface area (Å²) in [5, 5.41) is 14.0. The van der Waals surface area contributed by atoms with Crippen molar-refractivity contribution in [2.75, 3.05) is 12.4 Å². The predicted molar refractivity (Wildman–Crippen MR) is 61.0 cm³/mol. The Hall–Kier alpha value is -1.92. The van der Waals surface area contributed by atoms with E-state index >= 15 is 0 Å². The molecule has 1 aromatic rings. The van der Waals surface area contributed by atoms with Crippen LogP contribution in [0.25, 0.3) is 0 Å². The predicted octanol–water partition coefficient (Wildman–Crippen LogP) is 1.60. The lowest BCUT2D eigenvalue weighted by molar-refractivity contribution is -0.385. The highest BCUT2D eigenvalue weighted by Gasteiger charge is 2.37. The first-order valence-electron chi connectivity index (χ1n) is 5.47. The first-order chi connectivity index (χ1) is 8.17. The van der Waals surface area contributed by atoms with Gasteiger partial charge in [-0.05, 0) is 12.3 Å². The first-order valence-corrected chi connectivity index (χ1v) is 5.47. The second kappa shape index (κ2) is 4.52. The molecule has 1 N–H and O–H groups in total. The summed E-state index contributed by atoms with van der Waals surface area (Å²) in [6.45, 7) is 2.10. The Morgan fingerprint density at radius 2 is 2.41 bits per heavy atom. The molecule has 7 heteroatoms. The molecule has 0 aromatic carbocycles. The highest BCUT2D eigenvalue weighted by atomic mass is 16.6. The summed E-state index contributed by atoms with van der Waals surface area (Å²) in [5.41, 5.74) is -0.197. The minimum Gasteiger partial charge on any atom is -0.476 e. The van der Waals surface area contributed by atoms with Crippen LogP contribution in [-0.2, 0) is 0 Å². The fourth-order valence-electron chi connectivity index (χ4n) is 1.83. The van der Waals surface area contributed by atoms with Crippen LogP contribution in [0.1, 0.15) is 19.8 Å². The molecule has 1 saturated carbocycles. The molecule has 2 atom stereocenters. The van der Waals surface area contributed by atoms with Crippen molar-refractivity contribution in [2.24, 2.45) is 5.92 Å². The van der Waals surface area contributed by atoms with E-state index < -0.39 is 4.92 Å². The molecular formula is C10H14N4O3. The number of rotatable bonds is 5. The molecule has 2 unspecified atom stereocenters. The van der Waals surface area contributed by atoms with Crippen molar-refractivity contribution in [3.8, 4) is 5.88 Å². The van der Waals surface area contributed by atoms with E-state index in [9.17, 15) is 10.1 Å². The Bertz CT molecular complexity index is 438. The van der Waals surface area contributed by atoms with Crippen LogP contribution in [0.15, 0.2) is 6.33 Å². The lowest BCUT2D eigenvalue weighted by Gasteiger charge is -2.06. The molecule has 92 valence electrons. The fourth-order valence-corrected chi connectivity index (χ4v) is 1.83. The second-order valence-corrected chi connectivity index (χ2v) is 3.99. The highest BCUT2D eigenvalue weighted by Crippen LogP contribution is 2.39. The van der Waals surface area contributed by atoms with Crippen LogP contribution < -0.4 is 10.1 Å². The summed E-state index contributed by atoms with van der Waals surface area (Å²) >= 11 is 0. The molecular weight excluding hydrogens is 224 g/mol. The lowest BCUT2D eigenvalue weighted by Crippen LogP contribution is -2.10. The topological polar surface area (TPSA) is 90.2 Å². The van der Waals surface area contributed by atoms with Gasteiger partial charge in [-0.2, -0.15) is 4.98 Å². The number of anilines is 1. The number of hydrogen-bond donors (Lipinski definition) is 1. The molecule has 17 heavy (non-hydrogen) atoms. The molecule has 0 bridgehead atoms. The summed E-state index contributed by atoms with van der Waals surface area (Å²) in [5.74, 6) is 0.805. The number of ether oxygens (including phenoxy) is 1. The van der Waals surface area contributed by atoms with Crippen molar-refractivity contribution in [1.82, 2.24) is 9.97 Å². The quantitative estimate of drug-likeness (QED) is 0.619. The van der Waals surface area contributed by atoms with Gasteiger partial charge in [-0.15, -0.1) is 0 Å². The molecule has 0 amide bonds. The summed E-state index contributed by atoms with van der Waals surface area (Å²) in [6, 6.07) is 0.276. The van der Waals surface area contributed by atoms with Crippen molar-refractivity contribution in [3.63, 3.8) is 0 Å². The maximum absolute atomic E-state index is 11.0. The number of hydrogen-bond acceptors (Lipinski definition) is 6. The Balaban J connectivity index is 2.24. The van der Waals surface area contributed by atoms with Crippen LogP contribution in [0.3, 0.4) is 0 Å². The standard InChI is InChI=1S/C10H14N4O3/c1-3-6-4-7(6)13-9-8(14(15)16)10(17-2)12-5-11-9/h5-7H,3-4H2,1-2H3,(H,11,12,13). The van der Waals surface area contributed by atoms with E-state index in [0.717, 1.165) is 12.8 Å². The minimum atomic E-state index is -0.523. The number of nitro groups is 1. The normalized spacial score (nSPS) is 22.0.